The monoisotopic (exact) mass is 332 g/mol. The smallest absolute Gasteiger partial charge is 0.260 e. The summed E-state index contributed by atoms with van der Waals surface area (Å²) in [5, 5.41) is 0. The van der Waals surface area contributed by atoms with Crippen LogP contribution in [0.1, 0.15) is 31.4 Å². The van der Waals surface area contributed by atoms with E-state index in [1.807, 2.05) is 50.8 Å². The molecule has 2 amide bonds. The van der Waals surface area contributed by atoms with Gasteiger partial charge in [0.2, 0.25) is 5.91 Å². The molecule has 0 atom stereocenters. The molecule has 5 nitrogen and oxygen atoms in total. The van der Waals surface area contributed by atoms with E-state index in [-0.39, 0.29) is 18.4 Å². The second kappa shape index (κ2) is 8.18. The Kier molecular flexibility index (Phi) is 6.23. The largest absolute Gasteiger partial charge is 0.483 e. The Morgan fingerprint density at radius 2 is 1.62 bits per heavy atom. The number of hydrogen-bond donors (Lipinski definition) is 0. The Morgan fingerprint density at radius 3 is 2.21 bits per heavy atom. The maximum Gasteiger partial charge on any atom is 0.260 e. The van der Waals surface area contributed by atoms with Crippen molar-refractivity contribution in [2.24, 2.45) is 5.92 Å². The van der Waals surface area contributed by atoms with E-state index in [0.717, 1.165) is 16.9 Å². The molecule has 1 aliphatic rings. The molecule has 1 aromatic rings. The lowest BCUT2D eigenvalue weighted by atomic mass is 10.1. The Labute approximate surface area is 144 Å². The van der Waals surface area contributed by atoms with Crippen LogP contribution in [0, 0.1) is 19.8 Å². The van der Waals surface area contributed by atoms with E-state index < -0.39 is 0 Å². The van der Waals surface area contributed by atoms with Gasteiger partial charge in [-0.15, -0.1) is 0 Å². The molecule has 0 aliphatic carbocycles. The molecule has 1 heterocycles. The summed E-state index contributed by atoms with van der Waals surface area (Å²) in [5.41, 5.74) is 2.21. The normalized spacial score (nSPS) is 14.9. The van der Waals surface area contributed by atoms with Gasteiger partial charge >= 0.3 is 0 Å². The molecule has 0 bridgehead atoms. The predicted molar refractivity (Wildman–Crippen MR) is 94.0 cm³/mol. The van der Waals surface area contributed by atoms with Gasteiger partial charge in [0.1, 0.15) is 5.75 Å². The summed E-state index contributed by atoms with van der Waals surface area (Å²) in [6.45, 7) is 10.5. The average Bonchev–Trinajstić information content (AvgIpc) is 2.55. The summed E-state index contributed by atoms with van der Waals surface area (Å²) in [4.78, 5) is 28.0. The summed E-state index contributed by atoms with van der Waals surface area (Å²) in [6, 6.07) is 5.84. The van der Waals surface area contributed by atoms with Crippen LogP contribution in [0.4, 0.5) is 0 Å². The molecule has 1 aliphatic heterocycles. The molecule has 1 saturated heterocycles. The number of benzene rings is 1. The molecular formula is C19H28N2O3. The molecule has 1 fully saturated rings. The minimum atomic E-state index is -0.0214. The number of aryl methyl sites for hydroxylation is 1. The van der Waals surface area contributed by atoms with Gasteiger partial charge in [0, 0.05) is 32.6 Å². The third-order valence-corrected chi connectivity index (χ3v) is 4.47. The number of carbonyl (C=O) groups is 2. The lowest BCUT2D eigenvalue weighted by Gasteiger charge is -2.35. The third kappa shape index (κ3) is 4.73. The van der Waals surface area contributed by atoms with Gasteiger partial charge in [-0.2, -0.15) is 0 Å². The van der Waals surface area contributed by atoms with E-state index in [9.17, 15) is 9.59 Å². The predicted octanol–water partition coefficient (Wildman–Crippen LogP) is 2.40. The fourth-order valence-corrected chi connectivity index (χ4v) is 2.79. The molecule has 0 N–H and O–H groups in total. The van der Waals surface area contributed by atoms with Crippen molar-refractivity contribution in [3.05, 3.63) is 29.3 Å². The SMILES string of the molecule is Cc1cccc(OCC(=O)N2CCN(C(=O)CC(C)C)CC2)c1C. The zero-order valence-corrected chi connectivity index (χ0v) is 15.2. The molecule has 0 spiro atoms. The average molecular weight is 332 g/mol. The molecule has 0 aromatic heterocycles. The minimum Gasteiger partial charge on any atom is -0.483 e. The van der Waals surface area contributed by atoms with Crippen LogP contribution in [0.15, 0.2) is 18.2 Å². The lowest BCUT2D eigenvalue weighted by Crippen LogP contribution is -2.51. The highest BCUT2D eigenvalue weighted by atomic mass is 16.5. The van der Waals surface area contributed by atoms with Gasteiger partial charge in [-0.25, -0.2) is 0 Å². The van der Waals surface area contributed by atoms with Crippen molar-refractivity contribution in [3.8, 4) is 5.75 Å². The van der Waals surface area contributed by atoms with Gasteiger partial charge in [-0.3, -0.25) is 9.59 Å². The fraction of sp³-hybridized carbons (Fsp3) is 0.579. The summed E-state index contributed by atoms with van der Waals surface area (Å²) in [5.74, 6) is 1.29. The van der Waals surface area contributed by atoms with Crippen LogP contribution in [0.25, 0.3) is 0 Å². The van der Waals surface area contributed by atoms with Crippen molar-refractivity contribution < 1.29 is 14.3 Å². The number of rotatable bonds is 5. The first-order valence-electron chi connectivity index (χ1n) is 8.63. The number of ether oxygens (including phenoxy) is 1. The highest BCUT2D eigenvalue weighted by Gasteiger charge is 2.24. The van der Waals surface area contributed by atoms with E-state index in [1.165, 1.54) is 0 Å². The van der Waals surface area contributed by atoms with Crippen molar-refractivity contribution in [2.45, 2.75) is 34.1 Å². The zero-order valence-electron chi connectivity index (χ0n) is 15.2. The van der Waals surface area contributed by atoms with Gasteiger partial charge < -0.3 is 14.5 Å². The van der Waals surface area contributed by atoms with Gasteiger partial charge in [-0.05, 0) is 37.0 Å². The van der Waals surface area contributed by atoms with E-state index in [4.69, 9.17) is 4.74 Å². The first-order chi connectivity index (χ1) is 11.4. The maximum atomic E-state index is 12.3. The van der Waals surface area contributed by atoms with Crippen molar-refractivity contribution >= 4 is 11.8 Å². The summed E-state index contributed by atoms with van der Waals surface area (Å²) < 4.78 is 5.69. The topological polar surface area (TPSA) is 49.9 Å². The lowest BCUT2D eigenvalue weighted by molar-refractivity contribution is -0.141. The van der Waals surface area contributed by atoms with Crippen LogP contribution in [0.5, 0.6) is 5.75 Å². The van der Waals surface area contributed by atoms with E-state index in [0.29, 0.717) is 38.5 Å². The van der Waals surface area contributed by atoms with E-state index in [1.54, 1.807) is 4.90 Å². The van der Waals surface area contributed by atoms with Crippen molar-refractivity contribution in [3.63, 3.8) is 0 Å². The van der Waals surface area contributed by atoms with Gasteiger partial charge in [0.05, 0.1) is 0 Å². The Hall–Kier alpha value is -2.04. The molecule has 24 heavy (non-hydrogen) atoms. The minimum absolute atomic E-state index is 0.0214. The maximum absolute atomic E-state index is 12.3. The highest BCUT2D eigenvalue weighted by Crippen LogP contribution is 2.20. The van der Waals surface area contributed by atoms with Crippen LogP contribution in [-0.4, -0.2) is 54.4 Å². The Bertz CT molecular complexity index is 590. The number of nitrogens with zero attached hydrogens (tertiary/aromatic N) is 2. The van der Waals surface area contributed by atoms with Gasteiger partial charge in [0.15, 0.2) is 6.61 Å². The van der Waals surface area contributed by atoms with Crippen molar-refractivity contribution in [2.75, 3.05) is 32.8 Å². The Morgan fingerprint density at radius 1 is 1.04 bits per heavy atom. The molecule has 0 radical (unpaired) electrons. The van der Waals surface area contributed by atoms with Crippen LogP contribution in [0.3, 0.4) is 0 Å². The summed E-state index contributed by atoms with van der Waals surface area (Å²) in [7, 11) is 0. The van der Waals surface area contributed by atoms with Crippen molar-refractivity contribution in [1.82, 2.24) is 9.80 Å². The number of piperazine rings is 1. The van der Waals surface area contributed by atoms with E-state index in [2.05, 4.69) is 0 Å². The molecule has 0 unspecified atom stereocenters. The van der Waals surface area contributed by atoms with Crippen LogP contribution >= 0.6 is 0 Å². The third-order valence-electron chi connectivity index (χ3n) is 4.47. The second-order valence-electron chi connectivity index (χ2n) is 6.85. The fourth-order valence-electron chi connectivity index (χ4n) is 2.79. The molecular weight excluding hydrogens is 304 g/mol. The van der Waals surface area contributed by atoms with E-state index >= 15 is 0 Å². The standard InChI is InChI=1S/C19H28N2O3/c1-14(2)12-18(22)20-8-10-21(11-9-20)19(23)13-24-17-7-5-6-15(3)16(17)4/h5-7,14H,8-13H2,1-4H3. The summed E-state index contributed by atoms with van der Waals surface area (Å²) >= 11 is 0. The van der Waals surface area contributed by atoms with Crippen LogP contribution < -0.4 is 4.74 Å². The first kappa shape index (κ1) is 18.3. The molecule has 132 valence electrons. The number of amides is 2. The molecule has 2 rings (SSSR count). The van der Waals surface area contributed by atoms with Gasteiger partial charge in [0.25, 0.3) is 5.91 Å². The quantitative estimate of drug-likeness (QED) is 0.832. The number of hydrogen-bond acceptors (Lipinski definition) is 3. The van der Waals surface area contributed by atoms with Crippen LogP contribution in [-0.2, 0) is 9.59 Å². The molecule has 0 saturated carbocycles. The molecule has 1 aromatic carbocycles. The Balaban J connectivity index is 1.81. The highest BCUT2D eigenvalue weighted by molar-refractivity contribution is 5.79. The second-order valence-corrected chi connectivity index (χ2v) is 6.85. The van der Waals surface area contributed by atoms with Crippen molar-refractivity contribution in [1.29, 1.82) is 0 Å². The van der Waals surface area contributed by atoms with Crippen LogP contribution in [0.2, 0.25) is 0 Å². The van der Waals surface area contributed by atoms with Gasteiger partial charge in [-0.1, -0.05) is 26.0 Å². The first-order valence-corrected chi connectivity index (χ1v) is 8.63. The summed E-state index contributed by atoms with van der Waals surface area (Å²) in [6.07, 6.45) is 0.573. The number of carbonyl (C=O) groups excluding carboxylic acids is 2. The molecule has 5 heteroatoms. The zero-order chi connectivity index (χ0) is 17.7.